The number of nitrogens with one attached hydrogen (secondary N) is 2. The van der Waals surface area contributed by atoms with Crippen molar-refractivity contribution in [1.82, 2.24) is 5.32 Å². The molecule has 0 fully saturated rings. The monoisotopic (exact) mass is 324 g/mol. The molecule has 0 spiro atoms. The number of carbonyl (C=O) groups is 2. The third-order valence-corrected chi connectivity index (χ3v) is 3.09. The van der Waals surface area contributed by atoms with E-state index in [-0.39, 0.29) is 18.4 Å². The first-order chi connectivity index (χ1) is 11.7. The molecule has 0 unspecified atom stereocenters. The van der Waals surface area contributed by atoms with Gasteiger partial charge in [0.05, 0.1) is 0 Å². The lowest BCUT2D eigenvalue weighted by Crippen LogP contribution is -2.28. The maximum absolute atomic E-state index is 11.9. The third-order valence-electron chi connectivity index (χ3n) is 3.09. The van der Waals surface area contributed by atoms with Crippen LogP contribution in [0.5, 0.6) is 5.75 Å². The van der Waals surface area contributed by atoms with Gasteiger partial charge in [0, 0.05) is 18.3 Å². The molecule has 0 atom stereocenters. The van der Waals surface area contributed by atoms with E-state index in [1.54, 1.807) is 30.3 Å². The van der Waals surface area contributed by atoms with Crippen molar-refractivity contribution in [2.75, 3.05) is 18.5 Å². The van der Waals surface area contributed by atoms with Gasteiger partial charge in [0.15, 0.2) is 6.61 Å². The molecule has 0 heterocycles. The number of rotatable bonds is 7. The average molecular weight is 324 g/mol. The molecule has 0 saturated heterocycles. The lowest BCUT2D eigenvalue weighted by Gasteiger charge is -2.07. The first-order valence-electron chi connectivity index (χ1n) is 7.71. The van der Waals surface area contributed by atoms with E-state index in [1.165, 1.54) is 6.08 Å². The summed E-state index contributed by atoms with van der Waals surface area (Å²) in [7, 11) is 0. The second-order valence-corrected chi connectivity index (χ2v) is 5.00. The fourth-order valence-corrected chi connectivity index (χ4v) is 1.95. The Kier molecular flexibility index (Phi) is 6.58. The molecule has 2 N–H and O–H groups in total. The minimum Gasteiger partial charge on any atom is -0.484 e. The number of hydrogen-bond acceptors (Lipinski definition) is 3. The lowest BCUT2D eigenvalue weighted by atomic mass is 10.2. The molecule has 24 heavy (non-hydrogen) atoms. The predicted molar refractivity (Wildman–Crippen MR) is 94.7 cm³/mol. The van der Waals surface area contributed by atoms with Crippen molar-refractivity contribution in [3.05, 3.63) is 66.2 Å². The minimum absolute atomic E-state index is 0.0284. The molecule has 2 aromatic rings. The van der Waals surface area contributed by atoms with E-state index in [4.69, 9.17) is 4.74 Å². The number of hydrogen-bond donors (Lipinski definition) is 2. The van der Waals surface area contributed by atoms with Crippen LogP contribution in [-0.4, -0.2) is 25.0 Å². The molecule has 0 bridgehead atoms. The Morgan fingerprint density at radius 1 is 1.04 bits per heavy atom. The van der Waals surface area contributed by atoms with E-state index in [1.807, 2.05) is 37.3 Å². The van der Waals surface area contributed by atoms with Gasteiger partial charge in [0.2, 0.25) is 5.91 Å². The minimum atomic E-state index is -0.213. The predicted octanol–water partition coefficient (Wildman–Crippen LogP) is 2.85. The van der Waals surface area contributed by atoms with Crippen LogP contribution >= 0.6 is 0 Å². The Hall–Kier alpha value is -3.08. The molecule has 0 aliphatic rings. The summed E-state index contributed by atoms with van der Waals surface area (Å²) < 4.78 is 5.35. The molecule has 0 aliphatic carbocycles. The lowest BCUT2D eigenvalue weighted by molar-refractivity contribution is -0.123. The second kappa shape index (κ2) is 9.15. The summed E-state index contributed by atoms with van der Waals surface area (Å²) in [4.78, 5) is 23.2. The molecule has 124 valence electrons. The van der Waals surface area contributed by atoms with E-state index < -0.39 is 0 Å². The Morgan fingerprint density at radius 2 is 1.75 bits per heavy atom. The molecular formula is C19H20N2O3. The molecule has 0 radical (unpaired) electrons. The zero-order chi connectivity index (χ0) is 17.2. The Labute approximate surface area is 141 Å². The first-order valence-corrected chi connectivity index (χ1v) is 7.71. The van der Waals surface area contributed by atoms with Crippen molar-refractivity contribution in [3.63, 3.8) is 0 Å². The molecule has 2 aromatic carbocycles. The largest absolute Gasteiger partial charge is 0.484 e. The van der Waals surface area contributed by atoms with Crippen molar-refractivity contribution in [2.45, 2.75) is 6.92 Å². The molecule has 5 heteroatoms. The topological polar surface area (TPSA) is 67.4 Å². The highest BCUT2D eigenvalue weighted by molar-refractivity contribution is 6.01. The standard InChI is InChI=1S/C19H20N2O3/c1-2-20-19(23)14-24-17-11-9-16(10-12-17)21-18(22)13-8-15-6-4-3-5-7-15/h3-13H,2,14H2,1H3,(H,20,23)(H,21,22). The zero-order valence-corrected chi connectivity index (χ0v) is 13.5. The molecule has 0 saturated carbocycles. The summed E-state index contributed by atoms with van der Waals surface area (Å²) >= 11 is 0. The fourth-order valence-electron chi connectivity index (χ4n) is 1.95. The SMILES string of the molecule is CCNC(=O)COc1ccc(NC(=O)C=Cc2ccccc2)cc1. The van der Waals surface area contributed by atoms with Gasteiger partial charge in [-0.25, -0.2) is 0 Å². The van der Waals surface area contributed by atoms with Gasteiger partial charge in [-0.05, 0) is 42.8 Å². The highest BCUT2D eigenvalue weighted by Crippen LogP contribution is 2.15. The van der Waals surface area contributed by atoms with Gasteiger partial charge >= 0.3 is 0 Å². The summed E-state index contributed by atoms with van der Waals surface area (Å²) in [6.07, 6.45) is 3.23. The van der Waals surface area contributed by atoms with Crippen LogP contribution < -0.4 is 15.4 Å². The van der Waals surface area contributed by atoms with Crippen molar-refractivity contribution in [1.29, 1.82) is 0 Å². The average Bonchev–Trinajstić information content (AvgIpc) is 2.60. The second-order valence-electron chi connectivity index (χ2n) is 5.00. The summed E-state index contributed by atoms with van der Waals surface area (Å²) in [6.45, 7) is 2.39. The van der Waals surface area contributed by atoms with Gasteiger partial charge in [0.25, 0.3) is 5.91 Å². The zero-order valence-electron chi connectivity index (χ0n) is 13.5. The van der Waals surface area contributed by atoms with Gasteiger partial charge in [-0.3, -0.25) is 9.59 Å². The van der Waals surface area contributed by atoms with Crippen LogP contribution in [0.25, 0.3) is 6.08 Å². The molecule has 0 aliphatic heterocycles. The maximum atomic E-state index is 11.9. The molecular weight excluding hydrogens is 304 g/mol. The number of benzene rings is 2. The van der Waals surface area contributed by atoms with Gasteiger partial charge < -0.3 is 15.4 Å². The van der Waals surface area contributed by atoms with Crippen molar-refractivity contribution in [2.24, 2.45) is 0 Å². The van der Waals surface area contributed by atoms with Crippen LogP contribution in [0.4, 0.5) is 5.69 Å². The molecule has 2 amide bonds. The number of amides is 2. The van der Waals surface area contributed by atoms with Gasteiger partial charge in [-0.15, -0.1) is 0 Å². The number of ether oxygens (including phenoxy) is 1. The molecule has 0 aromatic heterocycles. The summed E-state index contributed by atoms with van der Waals surface area (Å²) in [5, 5.41) is 5.42. The fraction of sp³-hybridized carbons (Fsp3) is 0.158. The van der Waals surface area contributed by atoms with Crippen LogP contribution in [0, 0.1) is 0 Å². The molecule has 5 nitrogen and oxygen atoms in total. The number of likely N-dealkylation sites (N-methyl/N-ethyl adjacent to an activating group) is 1. The molecule has 2 rings (SSSR count). The number of carbonyl (C=O) groups excluding carboxylic acids is 2. The van der Waals surface area contributed by atoms with E-state index in [9.17, 15) is 9.59 Å². The van der Waals surface area contributed by atoms with Gasteiger partial charge in [0.1, 0.15) is 5.75 Å². The van der Waals surface area contributed by atoms with Crippen molar-refractivity contribution >= 4 is 23.6 Å². The van der Waals surface area contributed by atoms with Crippen molar-refractivity contribution < 1.29 is 14.3 Å². The van der Waals surface area contributed by atoms with Gasteiger partial charge in [-0.1, -0.05) is 30.3 Å². The summed E-state index contributed by atoms with van der Waals surface area (Å²) in [5.74, 6) is 0.190. The van der Waals surface area contributed by atoms with Crippen molar-refractivity contribution in [3.8, 4) is 5.75 Å². The van der Waals surface area contributed by atoms with Crippen LogP contribution in [0.15, 0.2) is 60.7 Å². The van der Waals surface area contributed by atoms with Crippen LogP contribution in [0.1, 0.15) is 12.5 Å². The first kappa shape index (κ1) is 17.3. The smallest absolute Gasteiger partial charge is 0.257 e. The van der Waals surface area contributed by atoms with Gasteiger partial charge in [-0.2, -0.15) is 0 Å². The Morgan fingerprint density at radius 3 is 2.42 bits per heavy atom. The quantitative estimate of drug-likeness (QED) is 0.770. The maximum Gasteiger partial charge on any atom is 0.257 e. The van der Waals surface area contributed by atoms with E-state index >= 15 is 0 Å². The highest BCUT2D eigenvalue weighted by atomic mass is 16.5. The summed E-state index contributed by atoms with van der Waals surface area (Å²) in [6, 6.07) is 16.4. The number of anilines is 1. The van der Waals surface area contributed by atoms with E-state index in [2.05, 4.69) is 10.6 Å². The normalized spacial score (nSPS) is 10.4. The van der Waals surface area contributed by atoms with E-state index in [0.29, 0.717) is 18.0 Å². The summed E-state index contributed by atoms with van der Waals surface area (Å²) in [5.41, 5.74) is 1.62. The third kappa shape index (κ3) is 5.96. The Bertz CT molecular complexity index is 694. The van der Waals surface area contributed by atoms with Crippen LogP contribution in [0.3, 0.4) is 0 Å². The highest BCUT2D eigenvalue weighted by Gasteiger charge is 2.02. The van der Waals surface area contributed by atoms with E-state index in [0.717, 1.165) is 5.56 Å². The Balaban J connectivity index is 1.83. The van der Waals surface area contributed by atoms with Crippen LogP contribution in [-0.2, 0) is 9.59 Å². The van der Waals surface area contributed by atoms with Crippen LogP contribution in [0.2, 0.25) is 0 Å².